The van der Waals surface area contributed by atoms with E-state index in [9.17, 15) is 20.4 Å². The number of ether oxygens (including phenoxy) is 1. The molecule has 0 spiro atoms. The van der Waals surface area contributed by atoms with Gasteiger partial charge in [0.1, 0.15) is 5.60 Å². The highest BCUT2D eigenvalue weighted by Gasteiger charge is 2.91. The smallest absolute Gasteiger partial charge is 0.175 e. The Morgan fingerprint density at radius 2 is 1.76 bits per heavy atom. The maximum absolute atomic E-state index is 12.1. The van der Waals surface area contributed by atoms with Crippen molar-refractivity contribution in [2.75, 3.05) is 0 Å². The van der Waals surface area contributed by atoms with Crippen molar-refractivity contribution >= 4 is 0 Å². The molecule has 5 bridgehead atoms. The standard InChI is InChI=1S/C20H32O5/c1-9(2)11-6-13-16(4)8-19(23)17(11,5)20(13,24)15(25-19)14-10(3)12(21)7-18(14,16)22/h9-15,21-24H,6-8H2,1-5H3/t10-,11+,12+,13+,14+,15-,16?,17-,18-,19?,20-/m1/s1. The Labute approximate surface area is 149 Å². The van der Waals surface area contributed by atoms with Gasteiger partial charge in [-0.2, -0.15) is 0 Å². The molecule has 4 aliphatic carbocycles. The number of aliphatic hydroxyl groups excluding tert-OH is 1. The molecule has 1 heterocycles. The molecule has 5 nitrogen and oxygen atoms in total. The molecule has 4 saturated carbocycles. The molecule has 0 amide bonds. The van der Waals surface area contributed by atoms with Crippen molar-refractivity contribution in [2.24, 2.45) is 40.4 Å². The number of aliphatic hydroxyl groups is 4. The van der Waals surface area contributed by atoms with Crippen LogP contribution in [-0.4, -0.2) is 49.6 Å². The number of hydrogen-bond donors (Lipinski definition) is 4. The molecule has 5 aliphatic rings. The summed E-state index contributed by atoms with van der Waals surface area (Å²) in [6, 6.07) is 0. The average Bonchev–Trinajstić information content (AvgIpc) is 2.86. The van der Waals surface area contributed by atoms with Gasteiger partial charge in [0.2, 0.25) is 0 Å². The predicted molar refractivity (Wildman–Crippen MR) is 90.3 cm³/mol. The molecule has 25 heavy (non-hydrogen) atoms. The highest BCUT2D eigenvalue weighted by atomic mass is 16.7. The zero-order chi connectivity index (χ0) is 18.4. The highest BCUT2D eigenvalue weighted by molar-refractivity contribution is 5.37. The van der Waals surface area contributed by atoms with Crippen molar-refractivity contribution in [2.45, 2.75) is 83.1 Å². The van der Waals surface area contributed by atoms with Gasteiger partial charge in [0, 0.05) is 24.2 Å². The van der Waals surface area contributed by atoms with Crippen LogP contribution in [-0.2, 0) is 4.74 Å². The quantitative estimate of drug-likeness (QED) is 0.571. The maximum atomic E-state index is 12.1. The zero-order valence-electron chi connectivity index (χ0n) is 15.9. The van der Waals surface area contributed by atoms with Crippen molar-refractivity contribution in [1.82, 2.24) is 0 Å². The van der Waals surface area contributed by atoms with Crippen LogP contribution in [0.2, 0.25) is 0 Å². The van der Waals surface area contributed by atoms with Crippen LogP contribution in [0.1, 0.15) is 53.9 Å². The van der Waals surface area contributed by atoms with Crippen LogP contribution in [0.5, 0.6) is 0 Å². The van der Waals surface area contributed by atoms with Crippen molar-refractivity contribution in [3.8, 4) is 0 Å². The number of fused-ring (bicyclic) bond motifs is 3. The lowest BCUT2D eigenvalue weighted by molar-refractivity contribution is -0.301. The monoisotopic (exact) mass is 352 g/mol. The first kappa shape index (κ1) is 16.9. The molecule has 1 aliphatic heterocycles. The zero-order valence-corrected chi connectivity index (χ0v) is 15.9. The van der Waals surface area contributed by atoms with Gasteiger partial charge < -0.3 is 25.2 Å². The van der Waals surface area contributed by atoms with Crippen molar-refractivity contribution in [1.29, 1.82) is 0 Å². The summed E-state index contributed by atoms with van der Waals surface area (Å²) in [7, 11) is 0. The fourth-order valence-corrected chi connectivity index (χ4v) is 8.63. The van der Waals surface area contributed by atoms with E-state index in [1.54, 1.807) is 0 Å². The van der Waals surface area contributed by atoms with Gasteiger partial charge in [0.15, 0.2) is 5.79 Å². The number of rotatable bonds is 1. The lowest BCUT2D eigenvalue weighted by Gasteiger charge is -2.64. The van der Waals surface area contributed by atoms with Gasteiger partial charge in [-0.3, -0.25) is 0 Å². The Balaban J connectivity index is 1.79. The Morgan fingerprint density at radius 1 is 1.12 bits per heavy atom. The van der Waals surface area contributed by atoms with Crippen LogP contribution < -0.4 is 0 Å². The summed E-state index contributed by atoms with van der Waals surface area (Å²) in [6.07, 6.45) is 0.211. The van der Waals surface area contributed by atoms with E-state index in [0.717, 1.165) is 6.42 Å². The summed E-state index contributed by atoms with van der Waals surface area (Å²) in [6.45, 7) is 10.2. The Morgan fingerprint density at radius 3 is 2.36 bits per heavy atom. The van der Waals surface area contributed by atoms with Gasteiger partial charge in [-0.25, -0.2) is 0 Å². The van der Waals surface area contributed by atoms with Crippen LogP contribution in [0.15, 0.2) is 0 Å². The van der Waals surface area contributed by atoms with Crippen LogP contribution in [0.3, 0.4) is 0 Å². The summed E-state index contributed by atoms with van der Waals surface area (Å²) >= 11 is 0. The third-order valence-corrected chi connectivity index (χ3v) is 9.90. The Bertz CT molecular complexity index is 652. The van der Waals surface area contributed by atoms with Gasteiger partial charge in [0.25, 0.3) is 0 Å². The second kappa shape index (κ2) is 4.12. The van der Waals surface area contributed by atoms with E-state index in [-0.39, 0.29) is 23.7 Å². The van der Waals surface area contributed by atoms with Crippen molar-refractivity contribution < 1.29 is 25.2 Å². The number of hydrogen-bond acceptors (Lipinski definition) is 5. The van der Waals surface area contributed by atoms with Crippen LogP contribution in [0.25, 0.3) is 0 Å². The molecular weight excluding hydrogens is 320 g/mol. The normalized spacial score (nSPS) is 70.3. The molecule has 142 valence electrons. The summed E-state index contributed by atoms with van der Waals surface area (Å²) in [5, 5.41) is 46.1. The van der Waals surface area contributed by atoms with Crippen molar-refractivity contribution in [3.05, 3.63) is 0 Å². The van der Waals surface area contributed by atoms with E-state index in [1.807, 2.05) is 20.8 Å². The molecule has 11 atom stereocenters. The summed E-state index contributed by atoms with van der Waals surface area (Å²) in [5.41, 5.74) is -3.66. The van der Waals surface area contributed by atoms with E-state index in [0.29, 0.717) is 18.8 Å². The second-order valence-electron chi connectivity index (χ2n) is 10.7. The Hall–Kier alpha value is -0.200. The summed E-state index contributed by atoms with van der Waals surface area (Å²) in [4.78, 5) is 0. The molecular formula is C20H32O5. The van der Waals surface area contributed by atoms with E-state index < -0.39 is 40.0 Å². The average molecular weight is 352 g/mol. The lowest BCUT2D eigenvalue weighted by atomic mass is 9.41. The first-order valence-electron chi connectivity index (χ1n) is 9.91. The molecule has 5 heteroatoms. The van der Waals surface area contributed by atoms with Gasteiger partial charge in [-0.05, 0) is 30.1 Å². The third-order valence-electron chi connectivity index (χ3n) is 9.90. The fraction of sp³-hybridized carbons (Fsp3) is 1.00. The lowest BCUT2D eigenvalue weighted by Crippen LogP contribution is -2.75. The third kappa shape index (κ3) is 1.31. The fourth-order valence-electron chi connectivity index (χ4n) is 8.63. The van der Waals surface area contributed by atoms with Gasteiger partial charge in [-0.1, -0.05) is 34.6 Å². The van der Waals surface area contributed by atoms with Crippen LogP contribution in [0, 0.1) is 40.4 Å². The molecule has 0 radical (unpaired) electrons. The molecule has 2 unspecified atom stereocenters. The topological polar surface area (TPSA) is 90.2 Å². The molecule has 4 N–H and O–H groups in total. The minimum atomic E-state index is -1.42. The second-order valence-corrected chi connectivity index (χ2v) is 10.7. The van der Waals surface area contributed by atoms with E-state index >= 15 is 0 Å². The first-order chi connectivity index (χ1) is 11.4. The SMILES string of the molecule is CC(C)[C@@H]1C[C@H]2C3(C)CC4(O)O[C@H]([C@@H]5[C@H](C)[C@@H](O)C[C@@]53O)[C@@]2(O)[C@]14C. The highest BCUT2D eigenvalue weighted by Crippen LogP contribution is 2.83. The molecule has 0 aromatic heterocycles. The van der Waals surface area contributed by atoms with E-state index in [4.69, 9.17) is 4.74 Å². The van der Waals surface area contributed by atoms with Crippen molar-refractivity contribution in [3.63, 3.8) is 0 Å². The largest absolute Gasteiger partial charge is 0.393 e. The summed E-state index contributed by atoms with van der Waals surface area (Å²) in [5.74, 6) is -1.61. The molecule has 5 rings (SSSR count). The van der Waals surface area contributed by atoms with Crippen LogP contribution >= 0.6 is 0 Å². The summed E-state index contributed by atoms with van der Waals surface area (Å²) < 4.78 is 6.28. The molecule has 0 aromatic carbocycles. The first-order valence-corrected chi connectivity index (χ1v) is 9.91. The Kier molecular flexibility index (Phi) is 2.79. The molecule has 1 saturated heterocycles. The minimum absolute atomic E-state index is 0.121. The van der Waals surface area contributed by atoms with Gasteiger partial charge in [0.05, 0.1) is 23.2 Å². The predicted octanol–water partition coefficient (Wildman–Crippen LogP) is 1.27. The minimum Gasteiger partial charge on any atom is -0.393 e. The van der Waals surface area contributed by atoms with Crippen LogP contribution in [0.4, 0.5) is 0 Å². The molecule has 5 fully saturated rings. The molecule has 0 aromatic rings. The van der Waals surface area contributed by atoms with E-state index in [1.165, 1.54) is 0 Å². The maximum Gasteiger partial charge on any atom is 0.175 e. The van der Waals surface area contributed by atoms with Gasteiger partial charge >= 0.3 is 0 Å². The van der Waals surface area contributed by atoms with Gasteiger partial charge in [-0.15, -0.1) is 0 Å². The van der Waals surface area contributed by atoms with E-state index in [2.05, 4.69) is 13.8 Å².